The normalized spacial score (nSPS) is 19.7. The second-order valence-electron chi connectivity index (χ2n) is 6.49. The maximum atomic E-state index is 10.7. The second kappa shape index (κ2) is 5.76. The lowest BCUT2D eigenvalue weighted by molar-refractivity contribution is -0.137. The number of hydrogen-bond acceptors (Lipinski definition) is 3. The van der Waals surface area contributed by atoms with Crippen LogP contribution in [0.25, 0.3) is 6.08 Å². The monoisotopic (exact) mass is 301 g/mol. The highest BCUT2D eigenvalue weighted by Gasteiger charge is 2.37. The van der Waals surface area contributed by atoms with E-state index in [0.29, 0.717) is 6.54 Å². The molecule has 0 bridgehead atoms. The van der Waals surface area contributed by atoms with Crippen molar-refractivity contribution in [2.45, 2.75) is 38.7 Å². The molecular formula is C18H23NO3. The zero-order valence-electron chi connectivity index (χ0n) is 13.3. The molecule has 1 aromatic carbocycles. The van der Waals surface area contributed by atoms with Crippen LogP contribution >= 0.6 is 0 Å². The molecule has 2 aliphatic heterocycles. The van der Waals surface area contributed by atoms with Crippen molar-refractivity contribution in [2.75, 3.05) is 19.6 Å². The summed E-state index contributed by atoms with van der Waals surface area (Å²) in [6.07, 6.45) is 6.42. The summed E-state index contributed by atoms with van der Waals surface area (Å²) in [5.74, 6) is 0.279. The van der Waals surface area contributed by atoms with Gasteiger partial charge in [-0.25, -0.2) is 0 Å². The van der Waals surface area contributed by atoms with E-state index in [2.05, 4.69) is 43.0 Å². The Morgan fingerprint density at radius 1 is 1.32 bits per heavy atom. The molecule has 2 aliphatic rings. The van der Waals surface area contributed by atoms with Crippen molar-refractivity contribution in [2.24, 2.45) is 0 Å². The Balaban J connectivity index is 1.69. The van der Waals surface area contributed by atoms with Crippen LogP contribution in [0.3, 0.4) is 0 Å². The largest absolute Gasteiger partial charge is 0.482 e. The van der Waals surface area contributed by atoms with Gasteiger partial charge in [-0.05, 0) is 31.6 Å². The molecule has 1 fully saturated rings. The number of carboxylic acid groups (broad SMARTS) is 1. The van der Waals surface area contributed by atoms with Crippen molar-refractivity contribution < 1.29 is 14.6 Å². The van der Waals surface area contributed by atoms with Gasteiger partial charge in [0.1, 0.15) is 11.4 Å². The molecular weight excluding hydrogens is 278 g/mol. The molecule has 1 saturated heterocycles. The van der Waals surface area contributed by atoms with Gasteiger partial charge in [0.15, 0.2) is 0 Å². The summed E-state index contributed by atoms with van der Waals surface area (Å²) in [6.45, 7) is 6.60. The van der Waals surface area contributed by atoms with Crippen LogP contribution in [0, 0.1) is 13.8 Å². The molecule has 0 unspecified atom stereocenters. The molecule has 4 heteroatoms. The number of rotatable bonds is 3. The summed E-state index contributed by atoms with van der Waals surface area (Å²) in [4.78, 5) is 12.9. The minimum absolute atomic E-state index is 0.213. The molecule has 3 rings (SSSR count). The molecule has 1 aromatic rings. The predicted octanol–water partition coefficient (Wildman–Crippen LogP) is 3.02. The van der Waals surface area contributed by atoms with E-state index in [9.17, 15) is 4.79 Å². The first-order chi connectivity index (χ1) is 10.5. The van der Waals surface area contributed by atoms with E-state index in [1.54, 1.807) is 0 Å². The van der Waals surface area contributed by atoms with Crippen molar-refractivity contribution in [1.29, 1.82) is 0 Å². The molecule has 0 radical (unpaired) electrons. The Morgan fingerprint density at radius 3 is 2.73 bits per heavy atom. The molecule has 0 amide bonds. The topological polar surface area (TPSA) is 49.8 Å². The number of aryl methyl sites for hydroxylation is 2. The summed E-state index contributed by atoms with van der Waals surface area (Å²) < 4.78 is 6.39. The Labute approximate surface area is 131 Å². The van der Waals surface area contributed by atoms with E-state index in [4.69, 9.17) is 9.84 Å². The van der Waals surface area contributed by atoms with Crippen molar-refractivity contribution >= 4 is 12.0 Å². The predicted molar refractivity (Wildman–Crippen MR) is 86.2 cm³/mol. The quantitative estimate of drug-likeness (QED) is 0.932. The smallest absolute Gasteiger partial charge is 0.304 e. The molecule has 0 aliphatic carbocycles. The highest BCUT2D eigenvalue weighted by atomic mass is 16.5. The standard InChI is InChI=1S/C18H23NO3/c1-13-11-14(2)17-15(12-13)3-5-18(22-17)6-9-19(10-7-18)8-4-16(20)21/h3,5,11-12H,4,6-10H2,1-2H3,(H,20,21). The van der Waals surface area contributed by atoms with Gasteiger partial charge in [0.25, 0.3) is 0 Å². The highest BCUT2D eigenvalue weighted by molar-refractivity contribution is 5.67. The van der Waals surface area contributed by atoms with E-state index in [1.165, 1.54) is 11.1 Å². The Kier molecular flexibility index (Phi) is 3.96. The van der Waals surface area contributed by atoms with Crippen LogP contribution in [0.1, 0.15) is 36.0 Å². The molecule has 22 heavy (non-hydrogen) atoms. The number of piperidine rings is 1. The van der Waals surface area contributed by atoms with Gasteiger partial charge in [0.2, 0.25) is 0 Å². The Hall–Kier alpha value is -1.81. The van der Waals surface area contributed by atoms with Crippen LogP contribution in [0.4, 0.5) is 0 Å². The van der Waals surface area contributed by atoms with Gasteiger partial charge in [-0.2, -0.15) is 0 Å². The summed E-state index contributed by atoms with van der Waals surface area (Å²) >= 11 is 0. The third kappa shape index (κ3) is 3.02. The van der Waals surface area contributed by atoms with E-state index >= 15 is 0 Å². The summed E-state index contributed by atoms with van der Waals surface area (Å²) in [6, 6.07) is 4.32. The Bertz CT molecular complexity index is 613. The minimum atomic E-state index is -0.728. The van der Waals surface area contributed by atoms with Crippen LogP contribution < -0.4 is 4.74 Å². The molecule has 0 saturated carbocycles. The summed E-state index contributed by atoms with van der Waals surface area (Å²) in [7, 11) is 0. The van der Waals surface area contributed by atoms with E-state index in [1.807, 2.05) is 0 Å². The second-order valence-corrected chi connectivity index (χ2v) is 6.49. The SMILES string of the molecule is Cc1cc(C)c2c(c1)C=CC1(CCN(CCC(=O)O)CC1)O2. The lowest BCUT2D eigenvalue weighted by Gasteiger charge is -2.42. The van der Waals surface area contributed by atoms with Crippen molar-refractivity contribution in [1.82, 2.24) is 4.90 Å². The molecule has 2 heterocycles. The number of carbonyl (C=O) groups is 1. The molecule has 4 nitrogen and oxygen atoms in total. The van der Waals surface area contributed by atoms with Crippen LogP contribution in [0.15, 0.2) is 18.2 Å². The maximum Gasteiger partial charge on any atom is 0.304 e. The van der Waals surface area contributed by atoms with Gasteiger partial charge in [-0.3, -0.25) is 4.79 Å². The number of likely N-dealkylation sites (tertiary alicyclic amines) is 1. The number of benzene rings is 1. The zero-order chi connectivity index (χ0) is 15.7. The third-order valence-corrected chi connectivity index (χ3v) is 4.66. The number of hydrogen-bond donors (Lipinski definition) is 1. The Morgan fingerprint density at radius 2 is 2.05 bits per heavy atom. The maximum absolute atomic E-state index is 10.7. The number of fused-ring (bicyclic) bond motifs is 1. The zero-order valence-corrected chi connectivity index (χ0v) is 13.3. The van der Waals surface area contributed by atoms with Crippen LogP contribution in [-0.4, -0.2) is 41.2 Å². The van der Waals surface area contributed by atoms with Crippen LogP contribution in [0.2, 0.25) is 0 Å². The van der Waals surface area contributed by atoms with Gasteiger partial charge in [-0.1, -0.05) is 17.7 Å². The summed E-state index contributed by atoms with van der Waals surface area (Å²) in [5, 5.41) is 8.79. The van der Waals surface area contributed by atoms with Crippen LogP contribution in [0.5, 0.6) is 5.75 Å². The molecule has 0 aromatic heterocycles. The fourth-order valence-electron chi connectivity index (χ4n) is 3.41. The van der Waals surface area contributed by atoms with Gasteiger partial charge < -0.3 is 14.7 Å². The van der Waals surface area contributed by atoms with Gasteiger partial charge in [-0.15, -0.1) is 0 Å². The first-order valence-electron chi connectivity index (χ1n) is 7.91. The third-order valence-electron chi connectivity index (χ3n) is 4.66. The molecule has 1 spiro atoms. The van der Waals surface area contributed by atoms with Crippen molar-refractivity contribution in [3.63, 3.8) is 0 Å². The number of nitrogens with zero attached hydrogens (tertiary/aromatic N) is 1. The average Bonchev–Trinajstić information content (AvgIpc) is 2.48. The van der Waals surface area contributed by atoms with Gasteiger partial charge in [0.05, 0.1) is 6.42 Å². The number of ether oxygens (including phenoxy) is 1. The van der Waals surface area contributed by atoms with Gasteiger partial charge >= 0.3 is 5.97 Å². The lowest BCUT2D eigenvalue weighted by Crippen LogP contribution is -2.48. The minimum Gasteiger partial charge on any atom is -0.482 e. The van der Waals surface area contributed by atoms with Crippen molar-refractivity contribution in [3.8, 4) is 5.75 Å². The average molecular weight is 301 g/mol. The van der Waals surface area contributed by atoms with Crippen molar-refractivity contribution in [3.05, 3.63) is 34.9 Å². The highest BCUT2D eigenvalue weighted by Crippen LogP contribution is 2.39. The first kappa shape index (κ1) is 15.1. The van der Waals surface area contributed by atoms with E-state index in [-0.39, 0.29) is 12.0 Å². The molecule has 118 valence electrons. The lowest BCUT2D eigenvalue weighted by atomic mass is 9.87. The van der Waals surface area contributed by atoms with Gasteiger partial charge in [0, 0.05) is 38.0 Å². The summed E-state index contributed by atoms with van der Waals surface area (Å²) in [5.41, 5.74) is 3.39. The molecule has 1 N–H and O–H groups in total. The fourth-order valence-corrected chi connectivity index (χ4v) is 3.41. The first-order valence-corrected chi connectivity index (χ1v) is 7.91. The fraction of sp³-hybridized carbons (Fsp3) is 0.500. The number of aliphatic carboxylic acids is 1. The number of carboxylic acids is 1. The molecule has 0 atom stereocenters. The van der Waals surface area contributed by atoms with Crippen LogP contribution in [-0.2, 0) is 4.79 Å². The van der Waals surface area contributed by atoms with E-state index in [0.717, 1.165) is 37.2 Å². The van der Waals surface area contributed by atoms with E-state index < -0.39 is 5.97 Å².